The lowest BCUT2D eigenvalue weighted by atomic mass is 9.84. The molecule has 0 saturated heterocycles. The van der Waals surface area contributed by atoms with Gasteiger partial charge >= 0.3 is 0 Å². The molecule has 0 aliphatic carbocycles. The number of pyridine rings is 1. The second-order valence-corrected chi connectivity index (χ2v) is 9.73. The van der Waals surface area contributed by atoms with Gasteiger partial charge in [-0.05, 0) is 32.3 Å². The van der Waals surface area contributed by atoms with E-state index in [1.165, 1.54) is 6.92 Å². The van der Waals surface area contributed by atoms with Crippen LogP contribution in [0.5, 0.6) is 5.75 Å². The molecular formula is C25H31N3O4. The van der Waals surface area contributed by atoms with E-state index in [1.807, 2.05) is 36.7 Å². The number of hydrogen-bond acceptors (Lipinski definition) is 5. The van der Waals surface area contributed by atoms with Crippen LogP contribution in [-0.4, -0.2) is 39.4 Å². The molecule has 0 spiro atoms. The zero-order chi connectivity index (χ0) is 23.2. The van der Waals surface area contributed by atoms with E-state index in [0.717, 1.165) is 22.3 Å². The van der Waals surface area contributed by atoms with Gasteiger partial charge in [0.05, 0.1) is 42.2 Å². The first kappa shape index (κ1) is 22.3. The minimum Gasteiger partial charge on any atom is -0.489 e. The maximum atomic E-state index is 12.8. The van der Waals surface area contributed by atoms with Gasteiger partial charge in [-0.3, -0.25) is 14.3 Å². The molecule has 3 heterocycles. The van der Waals surface area contributed by atoms with Crippen LogP contribution in [0.1, 0.15) is 57.9 Å². The van der Waals surface area contributed by atoms with Crippen molar-refractivity contribution >= 4 is 16.7 Å². The van der Waals surface area contributed by atoms with E-state index in [9.17, 15) is 9.59 Å². The van der Waals surface area contributed by atoms with Gasteiger partial charge in [0.15, 0.2) is 11.2 Å². The van der Waals surface area contributed by atoms with E-state index in [-0.39, 0.29) is 34.3 Å². The highest BCUT2D eigenvalue weighted by atomic mass is 16.5. The molecule has 2 aromatic heterocycles. The van der Waals surface area contributed by atoms with Gasteiger partial charge in [0.1, 0.15) is 17.9 Å². The van der Waals surface area contributed by atoms with Crippen molar-refractivity contribution in [2.24, 2.45) is 5.41 Å². The SMILES string of the molecule is CC(=O)c1cn2c(cc1=O)-c1c3cccc(OCCOC(C)C)c3nn1CC2C(C)(C)C. The molecule has 0 fully saturated rings. The normalized spacial score (nSPS) is 15.7. The number of ketones is 1. The van der Waals surface area contributed by atoms with Gasteiger partial charge in [-0.25, -0.2) is 0 Å². The Morgan fingerprint density at radius 3 is 2.66 bits per heavy atom. The van der Waals surface area contributed by atoms with Gasteiger partial charge in [-0.2, -0.15) is 5.10 Å². The Bertz CT molecular complexity index is 1230. The van der Waals surface area contributed by atoms with E-state index < -0.39 is 0 Å². The third kappa shape index (κ3) is 3.97. The maximum absolute atomic E-state index is 12.8. The lowest BCUT2D eigenvalue weighted by Gasteiger charge is -2.38. The van der Waals surface area contributed by atoms with Crippen LogP contribution in [0.25, 0.3) is 22.3 Å². The molecule has 0 radical (unpaired) electrons. The van der Waals surface area contributed by atoms with Crippen molar-refractivity contribution in [3.63, 3.8) is 0 Å². The average Bonchev–Trinajstić information content (AvgIpc) is 3.08. The van der Waals surface area contributed by atoms with Crippen molar-refractivity contribution in [2.45, 2.75) is 60.2 Å². The fraction of sp³-hybridized carbons (Fsp3) is 0.480. The molecule has 4 rings (SSSR count). The highest BCUT2D eigenvalue weighted by molar-refractivity contribution is 5.97. The summed E-state index contributed by atoms with van der Waals surface area (Å²) in [5.74, 6) is 0.472. The first-order valence-electron chi connectivity index (χ1n) is 11.1. The zero-order valence-electron chi connectivity index (χ0n) is 19.6. The summed E-state index contributed by atoms with van der Waals surface area (Å²) in [7, 11) is 0. The van der Waals surface area contributed by atoms with Gasteiger partial charge in [-0.1, -0.05) is 32.9 Å². The van der Waals surface area contributed by atoms with E-state index in [1.54, 1.807) is 12.3 Å². The molecule has 1 aliphatic rings. The standard InChI is InChI=1S/C25H31N3O4/c1-15(2)31-10-11-32-21-9-7-8-17-23(21)26-28-14-22(25(4,5)6)27-13-18(16(3)29)20(30)12-19(27)24(17)28/h7-9,12-13,15,22H,10-11,14H2,1-6H3. The van der Waals surface area contributed by atoms with Crippen molar-refractivity contribution in [1.82, 2.24) is 14.3 Å². The molecule has 0 N–H and O–H groups in total. The number of aromatic nitrogens is 3. The van der Waals surface area contributed by atoms with Crippen molar-refractivity contribution < 1.29 is 14.3 Å². The predicted octanol–water partition coefficient (Wildman–Crippen LogP) is 4.47. The van der Waals surface area contributed by atoms with Crippen molar-refractivity contribution in [3.05, 3.63) is 46.2 Å². The fourth-order valence-electron chi connectivity index (χ4n) is 4.29. The maximum Gasteiger partial charge on any atom is 0.193 e. The monoisotopic (exact) mass is 437 g/mol. The van der Waals surface area contributed by atoms with Gasteiger partial charge in [0.25, 0.3) is 0 Å². The van der Waals surface area contributed by atoms with Crippen LogP contribution in [0.2, 0.25) is 0 Å². The molecule has 3 aromatic rings. The summed E-state index contributed by atoms with van der Waals surface area (Å²) in [5.41, 5.74) is 2.25. The molecule has 0 bridgehead atoms. The third-order valence-corrected chi connectivity index (χ3v) is 5.91. The quantitative estimate of drug-likeness (QED) is 0.420. The molecule has 1 unspecified atom stereocenters. The molecule has 7 heteroatoms. The molecule has 7 nitrogen and oxygen atoms in total. The summed E-state index contributed by atoms with van der Waals surface area (Å²) in [6.07, 6.45) is 1.88. The number of benzene rings is 1. The number of carbonyl (C=O) groups is 1. The Kier molecular flexibility index (Phi) is 5.71. The lowest BCUT2D eigenvalue weighted by molar-refractivity contribution is 0.0555. The molecule has 1 atom stereocenters. The molecular weight excluding hydrogens is 406 g/mol. The van der Waals surface area contributed by atoms with E-state index >= 15 is 0 Å². The number of fused-ring (bicyclic) bond motifs is 5. The second kappa shape index (κ2) is 8.20. The van der Waals surface area contributed by atoms with Crippen LogP contribution in [0, 0.1) is 5.41 Å². The first-order chi connectivity index (χ1) is 15.1. The summed E-state index contributed by atoms with van der Waals surface area (Å²) in [6.45, 7) is 13.5. The summed E-state index contributed by atoms with van der Waals surface area (Å²) in [5, 5.41) is 5.81. The number of carbonyl (C=O) groups excluding carboxylic acids is 1. The highest BCUT2D eigenvalue weighted by Crippen LogP contribution is 2.43. The molecule has 1 aliphatic heterocycles. The number of hydrogen-bond donors (Lipinski definition) is 0. The van der Waals surface area contributed by atoms with Gasteiger partial charge < -0.3 is 14.0 Å². The van der Waals surface area contributed by atoms with Crippen molar-refractivity contribution in [2.75, 3.05) is 13.2 Å². The Labute approximate surface area is 187 Å². The van der Waals surface area contributed by atoms with Crippen LogP contribution >= 0.6 is 0 Å². The number of nitrogens with zero attached hydrogens (tertiary/aromatic N) is 3. The Hall–Kier alpha value is -2.93. The van der Waals surface area contributed by atoms with Crippen LogP contribution in [0.15, 0.2) is 35.3 Å². The van der Waals surface area contributed by atoms with Crippen LogP contribution in [-0.2, 0) is 11.3 Å². The third-order valence-electron chi connectivity index (χ3n) is 5.91. The van der Waals surface area contributed by atoms with Crippen molar-refractivity contribution in [3.8, 4) is 17.1 Å². The molecule has 0 saturated carbocycles. The smallest absolute Gasteiger partial charge is 0.193 e. The van der Waals surface area contributed by atoms with Gasteiger partial charge in [-0.15, -0.1) is 0 Å². The molecule has 1 aromatic carbocycles. The second-order valence-electron chi connectivity index (χ2n) is 9.73. The number of ether oxygens (including phenoxy) is 2. The number of rotatable bonds is 6. The first-order valence-corrected chi connectivity index (χ1v) is 11.1. The zero-order valence-corrected chi connectivity index (χ0v) is 19.6. The molecule has 0 amide bonds. The summed E-state index contributed by atoms with van der Waals surface area (Å²) in [6, 6.07) is 7.44. The van der Waals surface area contributed by atoms with Crippen LogP contribution in [0.4, 0.5) is 0 Å². The minimum atomic E-state index is -0.266. The topological polar surface area (TPSA) is 75.3 Å². The van der Waals surface area contributed by atoms with Gasteiger partial charge in [0, 0.05) is 17.6 Å². The van der Waals surface area contributed by atoms with E-state index in [2.05, 4.69) is 25.3 Å². The van der Waals surface area contributed by atoms with Crippen molar-refractivity contribution in [1.29, 1.82) is 0 Å². The van der Waals surface area contributed by atoms with E-state index in [4.69, 9.17) is 14.6 Å². The summed E-state index contributed by atoms with van der Waals surface area (Å²) in [4.78, 5) is 24.8. The summed E-state index contributed by atoms with van der Waals surface area (Å²) < 4.78 is 15.6. The van der Waals surface area contributed by atoms with Gasteiger partial charge in [0.2, 0.25) is 0 Å². The fourth-order valence-corrected chi connectivity index (χ4v) is 4.29. The average molecular weight is 438 g/mol. The Morgan fingerprint density at radius 1 is 1.25 bits per heavy atom. The highest BCUT2D eigenvalue weighted by Gasteiger charge is 2.35. The minimum absolute atomic E-state index is 0.0295. The Balaban J connectivity index is 1.85. The number of Topliss-reactive ketones (excluding diaryl/α,β-unsaturated/α-hetero) is 1. The van der Waals surface area contributed by atoms with Crippen LogP contribution in [0.3, 0.4) is 0 Å². The predicted molar refractivity (Wildman–Crippen MR) is 125 cm³/mol. The Morgan fingerprint density at radius 2 is 2.00 bits per heavy atom. The molecule has 170 valence electrons. The molecule has 32 heavy (non-hydrogen) atoms. The largest absolute Gasteiger partial charge is 0.489 e. The lowest BCUT2D eigenvalue weighted by Crippen LogP contribution is -2.35. The summed E-state index contributed by atoms with van der Waals surface area (Å²) >= 11 is 0. The van der Waals surface area contributed by atoms with E-state index in [0.29, 0.717) is 25.5 Å². The van der Waals surface area contributed by atoms with Crippen LogP contribution < -0.4 is 10.2 Å².